The van der Waals surface area contributed by atoms with Crippen molar-refractivity contribution in [1.82, 2.24) is 0 Å². The quantitative estimate of drug-likeness (QED) is 0.777. The topological polar surface area (TPSA) is 20.2 Å². The molecule has 0 amide bonds. The molecule has 1 aliphatic carbocycles. The van der Waals surface area contributed by atoms with Gasteiger partial charge in [0, 0.05) is 4.88 Å². The van der Waals surface area contributed by atoms with Crippen molar-refractivity contribution < 1.29 is 5.11 Å². The molecule has 0 radical (unpaired) electrons. The molecule has 2 rings (SSSR count). The Bertz CT molecular complexity index is 343. The van der Waals surface area contributed by atoms with Crippen LogP contribution in [0.5, 0.6) is 0 Å². The van der Waals surface area contributed by atoms with Crippen molar-refractivity contribution in [3.63, 3.8) is 0 Å². The molecule has 0 aromatic carbocycles. The summed E-state index contributed by atoms with van der Waals surface area (Å²) in [5.74, 6) is 0. The van der Waals surface area contributed by atoms with Crippen LogP contribution in [0, 0.1) is 0 Å². The Morgan fingerprint density at radius 3 is 3.00 bits per heavy atom. The van der Waals surface area contributed by atoms with Crippen LogP contribution in [0.25, 0.3) is 5.57 Å². The predicted octanol–water partition coefficient (Wildman–Crippen LogP) is 3.72. The SMILES string of the molecule is OC1C=C(c2sccc2Cl)CCCC1. The van der Waals surface area contributed by atoms with Crippen molar-refractivity contribution in [3.8, 4) is 0 Å². The highest BCUT2D eigenvalue weighted by molar-refractivity contribution is 7.11. The third-order valence-corrected chi connectivity index (χ3v) is 3.92. The number of allylic oxidation sites excluding steroid dienone is 1. The van der Waals surface area contributed by atoms with Crippen molar-refractivity contribution in [2.75, 3.05) is 0 Å². The van der Waals surface area contributed by atoms with Gasteiger partial charge in [-0.25, -0.2) is 0 Å². The van der Waals surface area contributed by atoms with Gasteiger partial charge in [0.15, 0.2) is 0 Å². The van der Waals surface area contributed by atoms with Gasteiger partial charge < -0.3 is 5.11 Å². The number of aliphatic hydroxyl groups is 1. The lowest BCUT2D eigenvalue weighted by Crippen LogP contribution is -1.99. The first kappa shape index (κ1) is 10.2. The molecule has 1 N–H and O–H groups in total. The van der Waals surface area contributed by atoms with Gasteiger partial charge in [-0.15, -0.1) is 11.3 Å². The summed E-state index contributed by atoms with van der Waals surface area (Å²) in [5, 5.41) is 12.4. The summed E-state index contributed by atoms with van der Waals surface area (Å²) in [7, 11) is 0. The van der Waals surface area contributed by atoms with Gasteiger partial charge in [-0.05, 0) is 36.3 Å². The molecule has 1 unspecified atom stereocenters. The lowest BCUT2D eigenvalue weighted by Gasteiger charge is -2.04. The standard InChI is InChI=1S/C11H13ClOS/c12-10-5-6-14-11(10)8-3-1-2-4-9(13)7-8/h5-7,9,13H,1-4H2. The molecule has 0 saturated carbocycles. The Hall–Kier alpha value is -0.310. The number of rotatable bonds is 1. The molecule has 76 valence electrons. The maximum Gasteiger partial charge on any atom is 0.0727 e. The monoisotopic (exact) mass is 228 g/mol. The van der Waals surface area contributed by atoms with Crippen molar-refractivity contribution >= 4 is 28.5 Å². The van der Waals surface area contributed by atoms with E-state index in [1.165, 1.54) is 5.57 Å². The van der Waals surface area contributed by atoms with E-state index in [-0.39, 0.29) is 6.10 Å². The van der Waals surface area contributed by atoms with Crippen molar-refractivity contribution in [2.45, 2.75) is 31.8 Å². The Balaban J connectivity index is 2.28. The van der Waals surface area contributed by atoms with E-state index in [0.717, 1.165) is 35.6 Å². The summed E-state index contributed by atoms with van der Waals surface area (Å²) in [4.78, 5) is 1.13. The molecular formula is C11H13ClOS. The number of halogens is 1. The van der Waals surface area contributed by atoms with Crippen molar-refractivity contribution in [3.05, 3.63) is 27.4 Å². The fourth-order valence-electron chi connectivity index (χ4n) is 1.78. The van der Waals surface area contributed by atoms with E-state index in [1.54, 1.807) is 11.3 Å². The van der Waals surface area contributed by atoms with E-state index in [4.69, 9.17) is 11.6 Å². The fraction of sp³-hybridized carbons (Fsp3) is 0.455. The lowest BCUT2D eigenvalue weighted by molar-refractivity contribution is 0.211. The van der Waals surface area contributed by atoms with Gasteiger partial charge >= 0.3 is 0 Å². The molecule has 0 aliphatic heterocycles. The minimum Gasteiger partial charge on any atom is -0.389 e. The van der Waals surface area contributed by atoms with E-state index in [9.17, 15) is 5.11 Å². The van der Waals surface area contributed by atoms with Crippen molar-refractivity contribution in [1.29, 1.82) is 0 Å². The second kappa shape index (κ2) is 4.47. The van der Waals surface area contributed by atoms with Gasteiger partial charge in [-0.1, -0.05) is 24.1 Å². The highest BCUT2D eigenvalue weighted by atomic mass is 35.5. The molecule has 1 aromatic heterocycles. The maximum atomic E-state index is 9.63. The van der Waals surface area contributed by atoms with E-state index < -0.39 is 0 Å². The molecule has 1 nitrogen and oxygen atoms in total. The van der Waals surface area contributed by atoms with Gasteiger partial charge in [-0.2, -0.15) is 0 Å². The molecule has 1 atom stereocenters. The van der Waals surface area contributed by atoms with Crippen LogP contribution >= 0.6 is 22.9 Å². The molecule has 1 aliphatic rings. The summed E-state index contributed by atoms with van der Waals surface area (Å²) >= 11 is 7.72. The summed E-state index contributed by atoms with van der Waals surface area (Å²) in [6.45, 7) is 0. The molecular weight excluding hydrogens is 216 g/mol. The average Bonchev–Trinajstić information content (AvgIpc) is 2.45. The molecule has 3 heteroatoms. The van der Waals surface area contributed by atoms with Crippen LogP contribution in [0.3, 0.4) is 0 Å². The molecule has 1 aromatic rings. The van der Waals surface area contributed by atoms with Crippen LogP contribution in [-0.4, -0.2) is 11.2 Å². The van der Waals surface area contributed by atoms with Gasteiger partial charge in [-0.3, -0.25) is 0 Å². The van der Waals surface area contributed by atoms with E-state index in [1.807, 2.05) is 17.5 Å². The zero-order valence-corrected chi connectivity index (χ0v) is 9.44. The fourth-order valence-corrected chi connectivity index (χ4v) is 3.01. The number of hydrogen-bond donors (Lipinski definition) is 1. The molecule has 0 bridgehead atoms. The first-order chi connectivity index (χ1) is 6.77. The van der Waals surface area contributed by atoms with Crippen LogP contribution in [0.2, 0.25) is 5.02 Å². The Morgan fingerprint density at radius 1 is 1.43 bits per heavy atom. The van der Waals surface area contributed by atoms with Gasteiger partial charge in [0.2, 0.25) is 0 Å². The minimum atomic E-state index is -0.286. The largest absolute Gasteiger partial charge is 0.389 e. The normalized spacial score (nSPS) is 23.0. The smallest absolute Gasteiger partial charge is 0.0727 e. The zero-order chi connectivity index (χ0) is 9.97. The minimum absolute atomic E-state index is 0.286. The van der Waals surface area contributed by atoms with Crippen LogP contribution in [0.4, 0.5) is 0 Å². The second-order valence-electron chi connectivity index (χ2n) is 3.60. The zero-order valence-electron chi connectivity index (χ0n) is 7.87. The van der Waals surface area contributed by atoms with Gasteiger partial charge in [0.25, 0.3) is 0 Å². The third-order valence-electron chi connectivity index (χ3n) is 2.50. The number of aliphatic hydroxyl groups excluding tert-OH is 1. The van der Waals surface area contributed by atoms with Crippen LogP contribution in [0.1, 0.15) is 30.6 Å². The Morgan fingerprint density at radius 2 is 2.29 bits per heavy atom. The molecule has 1 heterocycles. The number of thiophene rings is 1. The van der Waals surface area contributed by atoms with E-state index in [2.05, 4.69) is 0 Å². The first-order valence-corrected chi connectivity index (χ1v) is 6.15. The highest BCUT2D eigenvalue weighted by Gasteiger charge is 2.13. The Kier molecular flexibility index (Phi) is 3.26. The van der Waals surface area contributed by atoms with E-state index >= 15 is 0 Å². The van der Waals surface area contributed by atoms with Crippen LogP contribution < -0.4 is 0 Å². The molecule has 14 heavy (non-hydrogen) atoms. The predicted molar refractivity (Wildman–Crippen MR) is 61.8 cm³/mol. The summed E-state index contributed by atoms with van der Waals surface area (Å²) in [5.41, 5.74) is 1.22. The molecule has 0 saturated heterocycles. The third kappa shape index (κ3) is 2.19. The van der Waals surface area contributed by atoms with Gasteiger partial charge in [0.05, 0.1) is 11.1 Å². The van der Waals surface area contributed by atoms with E-state index in [0.29, 0.717) is 0 Å². The molecule has 0 fully saturated rings. The van der Waals surface area contributed by atoms with Crippen LogP contribution in [-0.2, 0) is 0 Å². The number of hydrogen-bond acceptors (Lipinski definition) is 2. The second-order valence-corrected chi connectivity index (χ2v) is 4.93. The first-order valence-electron chi connectivity index (χ1n) is 4.89. The Labute approximate surface area is 93.0 Å². The maximum absolute atomic E-state index is 9.63. The summed E-state index contributed by atoms with van der Waals surface area (Å²) < 4.78 is 0. The molecule has 0 spiro atoms. The summed E-state index contributed by atoms with van der Waals surface area (Å²) in [6.07, 6.45) is 5.85. The van der Waals surface area contributed by atoms with Crippen molar-refractivity contribution in [2.24, 2.45) is 0 Å². The average molecular weight is 229 g/mol. The van der Waals surface area contributed by atoms with Gasteiger partial charge in [0.1, 0.15) is 0 Å². The summed E-state index contributed by atoms with van der Waals surface area (Å²) in [6, 6.07) is 1.92. The lowest BCUT2D eigenvalue weighted by atomic mass is 10.1. The highest BCUT2D eigenvalue weighted by Crippen LogP contribution is 2.34. The van der Waals surface area contributed by atoms with Crippen LogP contribution in [0.15, 0.2) is 17.5 Å².